The Morgan fingerprint density at radius 3 is 2.86 bits per heavy atom. The number of para-hydroxylation sites is 1. The number of rotatable bonds is 5. The van der Waals surface area contributed by atoms with Crippen molar-refractivity contribution in [2.75, 3.05) is 32.8 Å². The lowest BCUT2D eigenvalue weighted by Gasteiger charge is -2.29. The number of primary amides is 1. The number of thiazole rings is 1. The van der Waals surface area contributed by atoms with Gasteiger partial charge in [0.25, 0.3) is 0 Å². The van der Waals surface area contributed by atoms with Gasteiger partial charge in [0.05, 0.1) is 28.4 Å². The molecule has 1 aromatic carbocycles. The van der Waals surface area contributed by atoms with Crippen molar-refractivity contribution in [1.29, 1.82) is 0 Å². The van der Waals surface area contributed by atoms with Crippen LogP contribution in [0.15, 0.2) is 24.3 Å². The van der Waals surface area contributed by atoms with E-state index in [-0.39, 0.29) is 11.8 Å². The lowest BCUT2D eigenvalue weighted by atomic mass is 10.1. The summed E-state index contributed by atoms with van der Waals surface area (Å²) in [5, 5.41) is 1.00. The van der Waals surface area contributed by atoms with Crippen LogP contribution in [0, 0.1) is 0 Å². The van der Waals surface area contributed by atoms with Gasteiger partial charge in [-0.2, -0.15) is 0 Å². The number of hydrogen-bond acceptors (Lipinski definition) is 5. The maximum Gasteiger partial charge on any atom is 0.218 e. The lowest BCUT2D eigenvalue weighted by Crippen LogP contribution is -2.39. The van der Waals surface area contributed by atoms with Gasteiger partial charge in [-0.1, -0.05) is 12.1 Å². The van der Waals surface area contributed by atoms with Gasteiger partial charge in [-0.3, -0.25) is 9.69 Å². The Balaban J connectivity index is 1.81. The van der Waals surface area contributed by atoms with Crippen molar-refractivity contribution in [3.05, 3.63) is 29.3 Å². The van der Waals surface area contributed by atoms with Gasteiger partial charge in [-0.25, -0.2) is 4.98 Å². The fourth-order valence-corrected chi connectivity index (χ4v) is 3.69. The second-order valence-corrected chi connectivity index (χ2v) is 6.36. The minimum atomic E-state index is -0.271. The minimum Gasteiger partial charge on any atom is -0.379 e. The van der Waals surface area contributed by atoms with Gasteiger partial charge in [0.2, 0.25) is 5.91 Å². The average Bonchev–Trinajstić information content (AvgIpc) is 2.91. The number of morpholine rings is 1. The van der Waals surface area contributed by atoms with Crippen molar-refractivity contribution in [1.82, 2.24) is 9.88 Å². The highest BCUT2D eigenvalue weighted by Gasteiger charge is 2.23. The van der Waals surface area contributed by atoms with Crippen molar-refractivity contribution in [2.24, 2.45) is 5.73 Å². The third-order valence-corrected chi connectivity index (χ3v) is 4.89. The molecule has 0 radical (unpaired) electrons. The molecular weight excluding hydrogens is 286 g/mol. The molecule has 2 heterocycles. The van der Waals surface area contributed by atoms with Gasteiger partial charge in [-0.15, -0.1) is 11.3 Å². The molecule has 1 atom stereocenters. The van der Waals surface area contributed by atoms with Crippen molar-refractivity contribution < 1.29 is 9.53 Å². The van der Waals surface area contributed by atoms with Crippen LogP contribution in [-0.2, 0) is 9.53 Å². The molecule has 6 heteroatoms. The number of amides is 1. The van der Waals surface area contributed by atoms with Gasteiger partial charge >= 0.3 is 0 Å². The monoisotopic (exact) mass is 305 g/mol. The molecule has 1 unspecified atom stereocenters. The largest absolute Gasteiger partial charge is 0.379 e. The molecule has 1 aliphatic rings. The van der Waals surface area contributed by atoms with Crippen molar-refractivity contribution in [3.8, 4) is 0 Å². The van der Waals surface area contributed by atoms with Gasteiger partial charge in [-0.05, 0) is 12.1 Å². The van der Waals surface area contributed by atoms with Crippen molar-refractivity contribution >= 4 is 27.5 Å². The molecular formula is C15H19N3O2S. The quantitative estimate of drug-likeness (QED) is 0.911. The first kappa shape index (κ1) is 14.4. The summed E-state index contributed by atoms with van der Waals surface area (Å²) in [6.07, 6.45) is 0.344. The van der Waals surface area contributed by atoms with Gasteiger partial charge in [0.15, 0.2) is 0 Å². The summed E-state index contributed by atoms with van der Waals surface area (Å²) in [5.41, 5.74) is 6.42. The van der Waals surface area contributed by atoms with E-state index in [2.05, 4.69) is 16.0 Å². The molecule has 3 rings (SSSR count). The first-order valence-corrected chi connectivity index (χ1v) is 7.98. The maximum atomic E-state index is 11.4. The number of ether oxygens (including phenoxy) is 1. The van der Waals surface area contributed by atoms with Gasteiger partial charge in [0, 0.05) is 32.0 Å². The third kappa shape index (κ3) is 3.58. The van der Waals surface area contributed by atoms with E-state index in [0.717, 1.165) is 48.1 Å². The second-order valence-electron chi connectivity index (χ2n) is 5.30. The molecule has 21 heavy (non-hydrogen) atoms. The summed E-state index contributed by atoms with van der Waals surface area (Å²) in [6, 6.07) is 8.06. The molecule has 0 aliphatic carbocycles. The van der Waals surface area contributed by atoms with Crippen LogP contribution < -0.4 is 5.73 Å². The molecule has 1 saturated heterocycles. The van der Waals surface area contributed by atoms with Crippen LogP contribution in [0.5, 0.6) is 0 Å². The molecule has 1 fully saturated rings. The standard InChI is InChI=1S/C15H19N3O2S/c16-14(19)9-11(10-18-5-7-20-8-6-18)15-17-12-3-1-2-4-13(12)21-15/h1-4,11H,5-10H2,(H2,16,19). The van der Waals surface area contributed by atoms with E-state index in [1.807, 2.05) is 18.2 Å². The zero-order chi connectivity index (χ0) is 14.7. The molecule has 1 aliphatic heterocycles. The summed E-state index contributed by atoms with van der Waals surface area (Å²) in [4.78, 5) is 18.4. The first-order valence-electron chi connectivity index (χ1n) is 7.16. The summed E-state index contributed by atoms with van der Waals surface area (Å²) in [5.74, 6) is -0.203. The number of hydrogen-bond donors (Lipinski definition) is 1. The van der Waals surface area contributed by atoms with Crippen LogP contribution in [0.2, 0.25) is 0 Å². The lowest BCUT2D eigenvalue weighted by molar-refractivity contribution is -0.118. The predicted octanol–water partition coefficient (Wildman–Crippen LogP) is 1.59. The van der Waals surface area contributed by atoms with Crippen molar-refractivity contribution in [3.63, 3.8) is 0 Å². The Labute approximate surface area is 127 Å². The summed E-state index contributed by atoms with van der Waals surface area (Å²) < 4.78 is 6.53. The summed E-state index contributed by atoms with van der Waals surface area (Å²) >= 11 is 1.66. The number of nitrogens with zero attached hydrogens (tertiary/aromatic N) is 2. The molecule has 112 valence electrons. The Hall–Kier alpha value is -1.50. The van der Waals surface area contributed by atoms with Crippen LogP contribution in [-0.4, -0.2) is 48.6 Å². The van der Waals surface area contributed by atoms with E-state index in [1.165, 1.54) is 0 Å². The Kier molecular flexibility index (Phi) is 4.48. The Morgan fingerprint density at radius 2 is 2.14 bits per heavy atom. The number of nitrogens with two attached hydrogens (primary N) is 1. The average molecular weight is 305 g/mol. The molecule has 1 amide bonds. The number of fused-ring (bicyclic) bond motifs is 1. The normalized spacial score (nSPS) is 17.9. The molecule has 2 N–H and O–H groups in total. The topological polar surface area (TPSA) is 68.5 Å². The fourth-order valence-electron chi connectivity index (χ4n) is 2.63. The van der Waals surface area contributed by atoms with Crippen LogP contribution >= 0.6 is 11.3 Å². The SMILES string of the molecule is NC(=O)CC(CN1CCOCC1)c1nc2ccccc2s1. The molecule has 0 spiro atoms. The number of benzene rings is 1. The number of aromatic nitrogens is 1. The maximum absolute atomic E-state index is 11.4. The van der Waals surface area contributed by atoms with E-state index in [1.54, 1.807) is 11.3 Å². The highest BCUT2D eigenvalue weighted by molar-refractivity contribution is 7.18. The van der Waals surface area contributed by atoms with E-state index in [4.69, 9.17) is 10.5 Å². The molecule has 0 bridgehead atoms. The summed E-state index contributed by atoms with van der Waals surface area (Å²) in [6.45, 7) is 4.12. The molecule has 1 aromatic heterocycles. The van der Waals surface area contributed by atoms with Crippen LogP contribution in [0.4, 0.5) is 0 Å². The van der Waals surface area contributed by atoms with Gasteiger partial charge in [0.1, 0.15) is 0 Å². The highest BCUT2D eigenvalue weighted by Crippen LogP contribution is 2.30. The molecule has 0 saturated carbocycles. The van der Waals surface area contributed by atoms with Crippen LogP contribution in [0.1, 0.15) is 17.3 Å². The summed E-state index contributed by atoms with van der Waals surface area (Å²) in [7, 11) is 0. The molecule has 2 aromatic rings. The molecule has 5 nitrogen and oxygen atoms in total. The smallest absolute Gasteiger partial charge is 0.218 e. The minimum absolute atomic E-state index is 0.0676. The highest BCUT2D eigenvalue weighted by atomic mass is 32.1. The van der Waals surface area contributed by atoms with E-state index in [0.29, 0.717) is 6.42 Å². The zero-order valence-electron chi connectivity index (χ0n) is 11.8. The van der Waals surface area contributed by atoms with E-state index in [9.17, 15) is 4.79 Å². The fraction of sp³-hybridized carbons (Fsp3) is 0.467. The number of carbonyl (C=O) groups excluding carboxylic acids is 1. The number of carbonyl (C=O) groups is 1. The third-order valence-electron chi connectivity index (χ3n) is 3.69. The van der Waals surface area contributed by atoms with Crippen LogP contribution in [0.3, 0.4) is 0 Å². The zero-order valence-corrected chi connectivity index (χ0v) is 12.6. The Morgan fingerprint density at radius 1 is 1.38 bits per heavy atom. The predicted molar refractivity (Wildman–Crippen MR) is 83.4 cm³/mol. The Bertz CT molecular complexity index is 589. The van der Waals surface area contributed by atoms with Crippen LogP contribution in [0.25, 0.3) is 10.2 Å². The second kappa shape index (κ2) is 6.51. The van der Waals surface area contributed by atoms with E-state index >= 15 is 0 Å². The van der Waals surface area contributed by atoms with Crippen molar-refractivity contribution in [2.45, 2.75) is 12.3 Å². The van der Waals surface area contributed by atoms with Gasteiger partial charge < -0.3 is 10.5 Å². The first-order chi connectivity index (χ1) is 10.2. The van der Waals surface area contributed by atoms with E-state index < -0.39 is 0 Å².